The summed E-state index contributed by atoms with van der Waals surface area (Å²) in [6, 6.07) is 17.8. The molecule has 0 fully saturated rings. The normalized spacial score (nSPS) is 13.6. The third-order valence-corrected chi connectivity index (χ3v) is 10.4. The van der Waals surface area contributed by atoms with Gasteiger partial charge in [0.05, 0.1) is 18.9 Å². The average molecular weight is 487 g/mol. The Hall–Kier alpha value is -2.97. The summed E-state index contributed by atoms with van der Waals surface area (Å²) in [5.41, 5.74) is 1.27. The molecule has 0 heterocycles. The van der Waals surface area contributed by atoms with E-state index < -0.39 is 38.4 Å². The number of carboxylic acids is 1. The third-order valence-electron chi connectivity index (χ3n) is 5.85. The van der Waals surface area contributed by atoms with E-state index in [4.69, 9.17) is 13.9 Å². The van der Waals surface area contributed by atoms with Gasteiger partial charge in [-0.3, -0.25) is 9.59 Å². The van der Waals surface area contributed by atoms with Crippen LogP contribution in [0.2, 0.25) is 18.1 Å². The monoisotopic (exact) mass is 486 g/mol. The molecule has 2 aromatic rings. The molecule has 2 aromatic carbocycles. The Morgan fingerprint density at radius 1 is 0.912 bits per heavy atom. The molecular weight excluding hydrogens is 452 g/mol. The van der Waals surface area contributed by atoms with E-state index in [-0.39, 0.29) is 24.5 Å². The molecule has 0 radical (unpaired) electrons. The van der Waals surface area contributed by atoms with Crippen LogP contribution in [0.4, 0.5) is 0 Å². The van der Waals surface area contributed by atoms with Crippen molar-refractivity contribution >= 4 is 26.2 Å². The van der Waals surface area contributed by atoms with E-state index in [2.05, 4.69) is 0 Å². The number of rotatable bonds is 11. The first kappa shape index (κ1) is 27.3. The number of benzene rings is 2. The zero-order valence-electron chi connectivity index (χ0n) is 20.4. The molecule has 7 nitrogen and oxygen atoms in total. The van der Waals surface area contributed by atoms with E-state index >= 15 is 0 Å². The molecule has 2 atom stereocenters. The van der Waals surface area contributed by atoms with E-state index in [0.717, 1.165) is 5.56 Å². The molecule has 34 heavy (non-hydrogen) atoms. The minimum atomic E-state index is -2.34. The first-order chi connectivity index (χ1) is 15.9. The van der Waals surface area contributed by atoms with E-state index in [0.29, 0.717) is 5.56 Å². The van der Waals surface area contributed by atoms with Crippen LogP contribution >= 0.6 is 0 Å². The molecule has 0 bridgehead atoms. The Morgan fingerprint density at radius 2 is 1.47 bits per heavy atom. The van der Waals surface area contributed by atoms with Gasteiger partial charge >= 0.3 is 17.9 Å². The second-order valence-electron chi connectivity index (χ2n) is 9.68. The van der Waals surface area contributed by atoms with Gasteiger partial charge in [-0.2, -0.15) is 0 Å². The predicted molar refractivity (Wildman–Crippen MR) is 130 cm³/mol. The van der Waals surface area contributed by atoms with Crippen LogP contribution in [-0.4, -0.2) is 37.4 Å². The number of esters is 2. The fourth-order valence-corrected chi connectivity index (χ4v) is 4.35. The van der Waals surface area contributed by atoms with Crippen LogP contribution in [0.25, 0.3) is 0 Å². The van der Waals surface area contributed by atoms with Crippen LogP contribution in [0.15, 0.2) is 60.7 Å². The van der Waals surface area contributed by atoms with Crippen LogP contribution in [0.5, 0.6) is 0 Å². The van der Waals surface area contributed by atoms with Crippen molar-refractivity contribution in [3.8, 4) is 0 Å². The number of hydrogen-bond acceptors (Lipinski definition) is 6. The van der Waals surface area contributed by atoms with E-state index in [1.54, 1.807) is 30.3 Å². The summed E-state index contributed by atoms with van der Waals surface area (Å²) >= 11 is 0. The van der Waals surface area contributed by atoms with E-state index in [1.165, 1.54) is 0 Å². The smallest absolute Gasteiger partial charge is 0.352 e. The maximum Gasteiger partial charge on any atom is 0.352 e. The number of carbonyl (C=O) groups is 3. The highest BCUT2D eigenvalue weighted by atomic mass is 28.4. The number of aliphatic carboxylic acids is 1. The summed E-state index contributed by atoms with van der Waals surface area (Å²) in [5, 5.41) is 9.17. The summed E-state index contributed by atoms with van der Waals surface area (Å²) < 4.78 is 17.1. The van der Waals surface area contributed by atoms with Crippen molar-refractivity contribution in [1.82, 2.24) is 0 Å². The molecule has 8 heteroatoms. The minimum Gasteiger partial charge on any atom is -0.481 e. The number of hydrogen-bond donors (Lipinski definition) is 1. The summed E-state index contributed by atoms with van der Waals surface area (Å²) in [5.74, 6) is -2.50. The first-order valence-electron chi connectivity index (χ1n) is 11.2. The van der Waals surface area contributed by atoms with Crippen molar-refractivity contribution < 1.29 is 33.4 Å². The van der Waals surface area contributed by atoms with Gasteiger partial charge in [0, 0.05) is 5.56 Å². The van der Waals surface area contributed by atoms with Gasteiger partial charge in [0.2, 0.25) is 6.10 Å². The van der Waals surface area contributed by atoms with Gasteiger partial charge in [0.15, 0.2) is 8.32 Å². The standard InChI is InChI=1S/C26H34O7Si/c1-26(2,3)34(4,5)33-21(16-22(27)28)17-23(29)32-24(20-14-10-7-11-15-20)25(30)31-18-19-12-8-6-9-13-19/h6-15,21,24H,16-18H2,1-5H3,(H,27,28)/t21-,24-/m0/s1. The Bertz CT molecular complexity index is 952. The van der Waals surface area contributed by atoms with Gasteiger partial charge < -0.3 is 19.0 Å². The maximum atomic E-state index is 12.9. The fourth-order valence-electron chi connectivity index (χ4n) is 2.99. The molecule has 0 aromatic heterocycles. The SMILES string of the molecule is CC(C)(C)[Si](C)(C)O[C@@H](CC(=O)O)CC(=O)O[C@H](C(=O)OCc1ccccc1)c1ccccc1. The zero-order chi connectivity index (χ0) is 25.4. The highest BCUT2D eigenvalue weighted by Gasteiger charge is 2.40. The molecule has 0 aliphatic rings. The quantitative estimate of drug-likeness (QED) is 0.341. The lowest BCUT2D eigenvalue weighted by Gasteiger charge is -2.38. The molecule has 0 unspecified atom stereocenters. The minimum absolute atomic E-state index is 0.0384. The van der Waals surface area contributed by atoms with Gasteiger partial charge in [-0.25, -0.2) is 4.79 Å². The van der Waals surface area contributed by atoms with E-state index in [1.807, 2.05) is 64.2 Å². The Morgan fingerprint density at radius 3 is 2.00 bits per heavy atom. The molecule has 1 N–H and O–H groups in total. The Labute approximate surface area is 202 Å². The lowest BCUT2D eigenvalue weighted by atomic mass is 10.1. The van der Waals surface area contributed by atoms with Gasteiger partial charge in [0.25, 0.3) is 0 Å². The Kier molecular flexibility index (Phi) is 9.58. The molecule has 0 saturated heterocycles. The van der Waals surface area contributed by atoms with Crippen molar-refractivity contribution in [1.29, 1.82) is 0 Å². The third kappa shape index (κ3) is 8.42. The molecule has 0 aliphatic carbocycles. The molecule has 184 valence electrons. The lowest BCUT2D eigenvalue weighted by Crippen LogP contribution is -2.45. The summed E-state index contributed by atoms with van der Waals surface area (Å²) in [6.45, 7) is 10.1. The number of carboxylic acid groups (broad SMARTS) is 1. The molecule has 0 amide bonds. The number of ether oxygens (including phenoxy) is 2. The highest BCUT2D eigenvalue weighted by molar-refractivity contribution is 6.74. The van der Waals surface area contributed by atoms with Crippen LogP contribution < -0.4 is 0 Å². The van der Waals surface area contributed by atoms with Crippen molar-refractivity contribution in [2.24, 2.45) is 0 Å². The van der Waals surface area contributed by atoms with Crippen molar-refractivity contribution in [2.45, 2.75) is 70.6 Å². The maximum absolute atomic E-state index is 12.9. The lowest BCUT2D eigenvalue weighted by molar-refractivity contribution is -0.170. The molecular formula is C26H34O7Si. The van der Waals surface area contributed by atoms with Gasteiger partial charge in [-0.15, -0.1) is 0 Å². The second-order valence-corrected chi connectivity index (χ2v) is 14.4. The summed E-state index contributed by atoms with van der Waals surface area (Å²) in [7, 11) is -2.34. The van der Waals surface area contributed by atoms with Crippen molar-refractivity contribution in [3.63, 3.8) is 0 Å². The van der Waals surface area contributed by atoms with Crippen molar-refractivity contribution in [2.75, 3.05) is 0 Å². The molecule has 0 aliphatic heterocycles. The largest absolute Gasteiger partial charge is 0.481 e. The molecule has 2 rings (SSSR count). The fraction of sp³-hybridized carbons (Fsp3) is 0.423. The van der Waals surface area contributed by atoms with Gasteiger partial charge in [0.1, 0.15) is 6.61 Å². The van der Waals surface area contributed by atoms with E-state index in [9.17, 15) is 19.5 Å². The van der Waals surface area contributed by atoms with Crippen molar-refractivity contribution in [3.05, 3.63) is 71.8 Å². The molecule has 0 saturated carbocycles. The zero-order valence-corrected chi connectivity index (χ0v) is 21.4. The first-order valence-corrected chi connectivity index (χ1v) is 14.1. The van der Waals surface area contributed by atoms with Gasteiger partial charge in [-0.05, 0) is 23.7 Å². The summed E-state index contributed by atoms with van der Waals surface area (Å²) in [4.78, 5) is 37.1. The summed E-state index contributed by atoms with van der Waals surface area (Å²) in [6.07, 6.45) is -2.75. The highest BCUT2D eigenvalue weighted by Crippen LogP contribution is 2.38. The van der Waals surface area contributed by atoms with Crippen LogP contribution in [0.1, 0.15) is 50.8 Å². The predicted octanol–water partition coefficient (Wildman–Crippen LogP) is 5.27. The van der Waals surface area contributed by atoms with Crippen LogP contribution in [-0.2, 0) is 34.9 Å². The van der Waals surface area contributed by atoms with Gasteiger partial charge in [-0.1, -0.05) is 81.4 Å². The van der Waals surface area contributed by atoms with Crippen LogP contribution in [0.3, 0.4) is 0 Å². The van der Waals surface area contributed by atoms with Crippen LogP contribution in [0, 0.1) is 0 Å². The molecule has 0 spiro atoms. The Balaban J connectivity index is 2.14. The topological polar surface area (TPSA) is 99.1 Å². The second kappa shape index (κ2) is 11.9. The number of carbonyl (C=O) groups excluding carboxylic acids is 2. The average Bonchev–Trinajstić information content (AvgIpc) is 2.75.